The first-order valence-electron chi connectivity index (χ1n) is 7.43. The van der Waals surface area contributed by atoms with Crippen molar-refractivity contribution in [2.24, 2.45) is 10.7 Å². The van der Waals surface area contributed by atoms with E-state index in [-0.39, 0.29) is 5.54 Å². The third kappa shape index (κ3) is 1.92. The van der Waals surface area contributed by atoms with Crippen LogP contribution >= 0.6 is 0 Å². The van der Waals surface area contributed by atoms with E-state index < -0.39 is 0 Å². The average Bonchev–Trinajstić information content (AvgIpc) is 3.07. The van der Waals surface area contributed by atoms with Crippen LogP contribution in [0.4, 0.5) is 0 Å². The summed E-state index contributed by atoms with van der Waals surface area (Å²) in [7, 11) is 0. The smallest absolute Gasteiger partial charge is 0.192 e. The van der Waals surface area contributed by atoms with Gasteiger partial charge in [0.1, 0.15) is 0 Å². The Hall–Kier alpha value is -1.51. The minimum Gasteiger partial charge on any atom is -0.370 e. The third-order valence-corrected chi connectivity index (χ3v) is 4.80. The fourth-order valence-electron chi connectivity index (χ4n) is 3.75. The maximum absolute atomic E-state index is 6.22. The number of rotatable bonds is 3. The van der Waals surface area contributed by atoms with Crippen LogP contribution in [0.3, 0.4) is 0 Å². The standard InChI is InChI=1S/C16H23N3/c1-2-16(13-8-4-3-5-9-13)12-18-15(17)19(16)14-10-6-7-11-14/h3-5,8-9,14H,2,6-7,10-12H2,1H3,(H2,17,18). The van der Waals surface area contributed by atoms with Crippen molar-refractivity contribution in [3.63, 3.8) is 0 Å². The number of nitrogens with two attached hydrogens (primary N) is 1. The summed E-state index contributed by atoms with van der Waals surface area (Å²) in [6.45, 7) is 3.05. The zero-order valence-electron chi connectivity index (χ0n) is 11.7. The predicted molar refractivity (Wildman–Crippen MR) is 79.0 cm³/mol. The van der Waals surface area contributed by atoms with Crippen molar-refractivity contribution in [3.8, 4) is 0 Å². The van der Waals surface area contributed by atoms with Crippen LogP contribution < -0.4 is 5.73 Å². The van der Waals surface area contributed by atoms with Gasteiger partial charge in [-0.2, -0.15) is 0 Å². The van der Waals surface area contributed by atoms with Crippen molar-refractivity contribution in [2.45, 2.75) is 50.6 Å². The summed E-state index contributed by atoms with van der Waals surface area (Å²) in [5, 5.41) is 0. The van der Waals surface area contributed by atoms with Crippen LogP contribution in [0.5, 0.6) is 0 Å². The third-order valence-electron chi connectivity index (χ3n) is 4.80. The average molecular weight is 257 g/mol. The molecule has 1 heterocycles. The Labute approximate surface area is 115 Å². The van der Waals surface area contributed by atoms with Gasteiger partial charge in [0.2, 0.25) is 0 Å². The Morgan fingerprint density at radius 1 is 1.26 bits per heavy atom. The first-order valence-corrected chi connectivity index (χ1v) is 7.43. The molecule has 3 heteroatoms. The van der Waals surface area contributed by atoms with Crippen molar-refractivity contribution in [3.05, 3.63) is 35.9 Å². The molecule has 1 aromatic carbocycles. The summed E-state index contributed by atoms with van der Waals surface area (Å²) < 4.78 is 0. The minimum absolute atomic E-state index is 0.0135. The normalized spacial score (nSPS) is 27.8. The van der Waals surface area contributed by atoms with Crippen LogP contribution in [0.15, 0.2) is 35.3 Å². The van der Waals surface area contributed by atoms with E-state index in [1.54, 1.807) is 0 Å². The Morgan fingerprint density at radius 2 is 1.95 bits per heavy atom. The number of benzene rings is 1. The van der Waals surface area contributed by atoms with E-state index in [1.807, 2.05) is 0 Å². The lowest BCUT2D eigenvalue weighted by atomic mass is 9.85. The monoisotopic (exact) mass is 257 g/mol. The largest absolute Gasteiger partial charge is 0.370 e. The quantitative estimate of drug-likeness (QED) is 0.904. The molecule has 0 bridgehead atoms. The Bertz CT molecular complexity index is 462. The predicted octanol–water partition coefficient (Wildman–Crippen LogP) is 2.86. The lowest BCUT2D eigenvalue weighted by Crippen LogP contribution is -2.53. The number of guanidine groups is 1. The molecule has 1 saturated carbocycles. The van der Waals surface area contributed by atoms with Crippen LogP contribution in [0.2, 0.25) is 0 Å². The Balaban J connectivity index is 2.00. The lowest BCUT2D eigenvalue weighted by molar-refractivity contribution is 0.143. The highest BCUT2D eigenvalue weighted by atomic mass is 15.4. The van der Waals surface area contributed by atoms with Gasteiger partial charge in [-0.25, -0.2) is 0 Å². The number of hydrogen-bond acceptors (Lipinski definition) is 3. The van der Waals surface area contributed by atoms with Crippen LogP contribution in [-0.2, 0) is 5.54 Å². The molecule has 3 rings (SSSR count). The molecule has 0 aromatic heterocycles. The van der Waals surface area contributed by atoms with Crippen LogP contribution in [0.1, 0.15) is 44.6 Å². The molecule has 1 fully saturated rings. The van der Waals surface area contributed by atoms with Gasteiger partial charge in [0, 0.05) is 6.04 Å². The molecule has 0 amide bonds. The molecule has 0 saturated heterocycles. The summed E-state index contributed by atoms with van der Waals surface area (Å²) in [5.74, 6) is 0.748. The van der Waals surface area contributed by atoms with Crippen molar-refractivity contribution in [1.29, 1.82) is 0 Å². The molecule has 2 N–H and O–H groups in total. The van der Waals surface area contributed by atoms with Crippen molar-refractivity contribution in [1.82, 2.24) is 4.90 Å². The second kappa shape index (κ2) is 4.87. The topological polar surface area (TPSA) is 41.6 Å². The van der Waals surface area contributed by atoms with E-state index in [2.05, 4.69) is 47.1 Å². The van der Waals surface area contributed by atoms with Gasteiger partial charge in [0.05, 0.1) is 12.1 Å². The van der Waals surface area contributed by atoms with Crippen LogP contribution in [-0.4, -0.2) is 23.4 Å². The molecule has 0 spiro atoms. The molecular formula is C16H23N3. The van der Waals surface area contributed by atoms with Gasteiger partial charge >= 0.3 is 0 Å². The van der Waals surface area contributed by atoms with E-state index in [4.69, 9.17) is 5.73 Å². The Kier molecular flexibility index (Phi) is 3.21. The van der Waals surface area contributed by atoms with Crippen LogP contribution in [0.25, 0.3) is 0 Å². The minimum atomic E-state index is -0.0135. The maximum atomic E-state index is 6.22. The second-order valence-corrected chi connectivity index (χ2v) is 5.73. The fraction of sp³-hybridized carbons (Fsp3) is 0.562. The zero-order valence-corrected chi connectivity index (χ0v) is 11.7. The molecule has 19 heavy (non-hydrogen) atoms. The van der Waals surface area contributed by atoms with Gasteiger partial charge in [0.15, 0.2) is 5.96 Å². The van der Waals surface area contributed by atoms with Crippen molar-refractivity contribution >= 4 is 5.96 Å². The number of nitrogens with zero attached hydrogens (tertiary/aromatic N) is 2. The number of hydrogen-bond donors (Lipinski definition) is 1. The SMILES string of the molecule is CCC1(c2ccccc2)CN=C(N)N1C1CCCC1. The maximum Gasteiger partial charge on any atom is 0.192 e. The zero-order chi connectivity index (χ0) is 13.3. The molecule has 2 aliphatic rings. The van der Waals surface area contributed by atoms with Gasteiger partial charge in [0.25, 0.3) is 0 Å². The highest BCUT2D eigenvalue weighted by molar-refractivity contribution is 5.81. The van der Waals surface area contributed by atoms with Gasteiger partial charge in [-0.05, 0) is 24.8 Å². The molecule has 1 aliphatic heterocycles. The molecule has 102 valence electrons. The summed E-state index contributed by atoms with van der Waals surface area (Å²) >= 11 is 0. The van der Waals surface area contributed by atoms with Gasteiger partial charge in [-0.3, -0.25) is 4.99 Å². The molecule has 1 aliphatic carbocycles. The van der Waals surface area contributed by atoms with Crippen LogP contribution in [0, 0.1) is 0 Å². The highest BCUT2D eigenvalue weighted by Crippen LogP contribution is 2.41. The summed E-state index contributed by atoms with van der Waals surface area (Å²) in [5.41, 5.74) is 7.56. The lowest BCUT2D eigenvalue weighted by Gasteiger charge is -2.43. The van der Waals surface area contributed by atoms with E-state index >= 15 is 0 Å². The summed E-state index contributed by atoms with van der Waals surface area (Å²) in [6.07, 6.45) is 6.21. The summed E-state index contributed by atoms with van der Waals surface area (Å²) in [6, 6.07) is 11.3. The number of aliphatic imine (C=N–C) groups is 1. The first kappa shape index (κ1) is 12.5. The van der Waals surface area contributed by atoms with Crippen molar-refractivity contribution in [2.75, 3.05) is 6.54 Å². The Morgan fingerprint density at radius 3 is 2.58 bits per heavy atom. The first-order chi connectivity index (χ1) is 9.28. The molecule has 1 atom stereocenters. The summed E-state index contributed by atoms with van der Waals surface area (Å²) in [4.78, 5) is 7.01. The second-order valence-electron chi connectivity index (χ2n) is 5.73. The van der Waals surface area contributed by atoms with E-state index in [0.717, 1.165) is 18.9 Å². The van der Waals surface area contributed by atoms with E-state index in [1.165, 1.54) is 31.2 Å². The van der Waals surface area contributed by atoms with E-state index in [9.17, 15) is 0 Å². The molecule has 1 unspecified atom stereocenters. The van der Waals surface area contributed by atoms with Gasteiger partial charge in [-0.15, -0.1) is 0 Å². The van der Waals surface area contributed by atoms with Gasteiger partial charge in [-0.1, -0.05) is 50.1 Å². The molecule has 3 nitrogen and oxygen atoms in total. The molecule has 0 radical (unpaired) electrons. The van der Waals surface area contributed by atoms with E-state index in [0.29, 0.717) is 6.04 Å². The molecular weight excluding hydrogens is 234 g/mol. The van der Waals surface area contributed by atoms with Gasteiger partial charge < -0.3 is 10.6 Å². The fourth-order valence-corrected chi connectivity index (χ4v) is 3.75. The molecule has 1 aromatic rings. The van der Waals surface area contributed by atoms with Crippen molar-refractivity contribution < 1.29 is 0 Å². The highest BCUT2D eigenvalue weighted by Gasteiger charge is 2.45.